The Morgan fingerprint density at radius 1 is 0.737 bits per heavy atom. The SMILES string of the molecule is C#CCOCCOCCOCCOCCC(=O)N(CCCCN(C)C(=O)O[C@@H](C1C[C@@H](NC(=N)N)C=C(C(=O)O)O1)[C@H](O)CO)CCOCCOCCN(C)C(=O)O[C@@H]([C@@H]1OC(C(=O)O)=CC[C@H]1NC(C)=O)[C@H](O)CO. The van der Waals surface area contributed by atoms with Crippen LogP contribution in [0.5, 0.6) is 0 Å². The lowest BCUT2D eigenvalue weighted by molar-refractivity contribution is -0.146. The fraction of sp³-hybridized carbons (Fsp3) is 0.723. The lowest BCUT2D eigenvalue weighted by atomic mass is 9.95. The molecule has 0 saturated carbocycles. The Morgan fingerprint density at radius 3 is 1.80 bits per heavy atom. The summed E-state index contributed by atoms with van der Waals surface area (Å²) in [5.74, 6) is -2.72. The highest BCUT2D eigenvalue weighted by Crippen LogP contribution is 2.26. The first kappa shape index (κ1) is 66.0. The van der Waals surface area contributed by atoms with Crippen LogP contribution in [0.1, 0.15) is 39.0 Å². The average molecular weight is 1090 g/mol. The zero-order valence-electron chi connectivity index (χ0n) is 43.2. The number of nitrogens with zero attached hydrogens (tertiary/aromatic N) is 3. The number of nitrogens with two attached hydrogens (primary N) is 1. The maximum absolute atomic E-state index is 13.4. The Kier molecular flexibility index (Phi) is 32.7. The van der Waals surface area contributed by atoms with Crippen LogP contribution >= 0.6 is 0 Å². The van der Waals surface area contributed by atoms with Crippen molar-refractivity contribution in [3.05, 3.63) is 23.7 Å². The molecule has 2 aliphatic heterocycles. The molecule has 0 fully saturated rings. The monoisotopic (exact) mass is 1090 g/mol. The summed E-state index contributed by atoms with van der Waals surface area (Å²) in [7, 11) is 2.81. The van der Waals surface area contributed by atoms with Gasteiger partial charge in [0.15, 0.2) is 24.3 Å². The normalized spacial score (nSPS) is 18.6. The molecule has 2 rings (SSSR count). The van der Waals surface area contributed by atoms with E-state index in [1.165, 1.54) is 38.1 Å². The van der Waals surface area contributed by atoms with Gasteiger partial charge in [-0.05, 0) is 31.4 Å². The second-order valence-corrected chi connectivity index (χ2v) is 17.1. The van der Waals surface area contributed by atoms with Crippen LogP contribution in [-0.2, 0) is 66.5 Å². The Labute approximate surface area is 440 Å². The highest BCUT2D eigenvalue weighted by Gasteiger charge is 2.43. The number of rotatable bonds is 39. The molecular weight excluding hydrogens is 1010 g/mol. The molecule has 0 saturated heterocycles. The number of carbonyl (C=O) groups is 6. The van der Waals surface area contributed by atoms with Crippen molar-refractivity contribution in [1.82, 2.24) is 25.3 Å². The zero-order chi connectivity index (χ0) is 56.4. The largest absolute Gasteiger partial charge is 0.479 e. The van der Waals surface area contributed by atoms with Gasteiger partial charge in [-0.25, -0.2) is 19.2 Å². The summed E-state index contributed by atoms with van der Waals surface area (Å²) in [6.45, 7) is 2.59. The first-order valence-electron chi connectivity index (χ1n) is 24.5. The standard InChI is InChI=1S/C47H77N7O22/c1-5-15-67-19-23-71-25-26-72-24-20-68-16-10-39(60)54(12-7-6-11-52(3)46(65)75-41(34(58)29-55)37-27-32(51-45(48)49)28-38(73-37)44(63)64)14-18-70-22-21-69-17-13-53(4)47(66)76-42(35(59)30-56)40-33(50-31(2)57)8-9-36(74-40)43(61)62/h1,9,28,32-35,37,40-42,55-56,58-59H,6-8,10-27,29-30H2,2-4H3,(H,50,57)(H,61,62)(H,63,64)(H4,48,49,51)/t32-,33-,34-,35-,37?,40-,41-,42-/m1/s1. The second kappa shape index (κ2) is 37.6. The topological polar surface area (TPSA) is 400 Å². The van der Waals surface area contributed by atoms with Gasteiger partial charge in [-0.2, -0.15) is 0 Å². The Balaban J connectivity index is 1.91. The highest BCUT2D eigenvalue weighted by molar-refractivity contribution is 5.85. The van der Waals surface area contributed by atoms with Crippen LogP contribution in [0.15, 0.2) is 23.7 Å². The van der Waals surface area contributed by atoms with Gasteiger partial charge < -0.3 is 109 Å². The van der Waals surface area contributed by atoms with Crippen LogP contribution in [0, 0.1) is 17.8 Å². The molecule has 0 radical (unpaired) electrons. The van der Waals surface area contributed by atoms with Gasteiger partial charge in [-0.15, -0.1) is 6.42 Å². The van der Waals surface area contributed by atoms with E-state index in [1.54, 1.807) is 4.90 Å². The van der Waals surface area contributed by atoms with Gasteiger partial charge in [0.05, 0.1) is 104 Å². The predicted octanol–water partition coefficient (Wildman–Crippen LogP) is -2.83. The highest BCUT2D eigenvalue weighted by atomic mass is 16.6. The van der Waals surface area contributed by atoms with Gasteiger partial charge in [-0.3, -0.25) is 15.0 Å². The van der Waals surface area contributed by atoms with E-state index in [4.69, 9.17) is 64.9 Å². The molecule has 2 heterocycles. The van der Waals surface area contributed by atoms with Gasteiger partial charge in [-0.1, -0.05) is 5.92 Å². The summed E-state index contributed by atoms with van der Waals surface area (Å²) in [6, 6.07) is -1.72. The molecule has 8 atom stereocenters. The average Bonchev–Trinajstić information content (AvgIpc) is 3.38. The maximum atomic E-state index is 13.4. The number of aliphatic hydroxyl groups is 4. The Hall–Kier alpha value is -6.07. The number of ether oxygens (including phenoxy) is 10. The van der Waals surface area contributed by atoms with Crippen molar-refractivity contribution < 1.29 is 107 Å². The van der Waals surface area contributed by atoms with Crippen molar-refractivity contribution in [3.8, 4) is 12.3 Å². The number of aliphatic hydroxyl groups excluding tert-OH is 4. The summed E-state index contributed by atoms with van der Waals surface area (Å²) in [6.07, 6.45) is -2.65. The molecule has 29 nitrogen and oxygen atoms in total. The first-order chi connectivity index (χ1) is 36.3. The molecular formula is C47H77N7O22. The number of hydrogen-bond acceptors (Lipinski definition) is 21. The molecule has 0 bridgehead atoms. The van der Waals surface area contributed by atoms with Crippen molar-refractivity contribution in [2.45, 2.75) is 87.7 Å². The van der Waals surface area contributed by atoms with Crippen molar-refractivity contribution in [2.75, 3.05) is 133 Å². The summed E-state index contributed by atoms with van der Waals surface area (Å²) < 4.78 is 54.9. The first-order valence-corrected chi connectivity index (χ1v) is 24.5. The molecule has 0 aromatic heterocycles. The number of amides is 4. The summed E-state index contributed by atoms with van der Waals surface area (Å²) in [5.41, 5.74) is 5.43. The number of terminal acetylenes is 1. The Bertz CT molecular complexity index is 1910. The third kappa shape index (κ3) is 26.1. The van der Waals surface area contributed by atoms with E-state index in [-0.39, 0.29) is 104 Å². The smallest absolute Gasteiger partial charge is 0.410 e. The minimum atomic E-state index is -1.70. The van der Waals surface area contributed by atoms with Gasteiger partial charge >= 0.3 is 24.1 Å². The van der Waals surface area contributed by atoms with Crippen LogP contribution in [0.4, 0.5) is 9.59 Å². The number of aliphatic carboxylic acids is 2. The van der Waals surface area contributed by atoms with E-state index in [1.807, 2.05) is 0 Å². The van der Waals surface area contributed by atoms with E-state index in [2.05, 4.69) is 16.6 Å². The third-order valence-corrected chi connectivity index (χ3v) is 11.1. The minimum Gasteiger partial charge on any atom is -0.479 e. The van der Waals surface area contributed by atoms with Crippen molar-refractivity contribution in [3.63, 3.8) is 0 Å². The fourth-order valence-electron chi connectivity index (χ4n) is 7.24. The molecule has 29 heteroatoms. The van der Waals surface area contributed by atoms with Gasteiger partial charge in [0.25, 0.3) is 0 Å². The van der Waals surface area contributed by atoms with Gasteiger partial charge in [0, 0.05) is 53.6 Å². The number of hydrogen-bond donors (Lipinski definition) is 10. The fourth-order valence-corrected chi connectivity index (χ4v) is 7.24. The quantitative estimate of drug-likeness (QED) is 0.0128. The van der Waals surface area contributed by atoms with Crippen LogP contribution in [0.3, 0.4) is 0 Å². The minimum absolute atomic E-state index is 0.00469. The molecule has 4 amide bonds. The van der Waals surface area contributed by atoms with Crippen molar-refractivity contribution >= 4 is 41.9 Å². The number of carboxylic acids is 2. The lowest BCUT2D eigenvalue weighted by Gasteiger charge is -2.38. The molecule has 432 valence electrons. The number of carbonyl (C=O) groups excluding carboxylic acids is 4. The third-order valence-electron chi connectivity index (χ3n) is 11.1. The number of likely N-dealkylation sites (N-methyl/N-ethyl adjacent to an activating group) is 1. The van der Waals surface area contributed by atoms with Crippen molar-refractivity contribution in [1.29, 1.82) is 5.41 Å². The van der Waals surface area contributed by atoms with E-state index < -0.39 is 109 Å². The number of guanidine groups is 1. The molecule has 11 N–H and O–H groups in total. The molecule has 0 aromatic rings. The molecule has 2 aliphatic rings. The number of nitrogens with one attached hydrogen (secondary N) is 3. The van der Waals surface area contributed by atoms with Crippen LogP contribution in [0.25, 0.3) is 0 Å². The van der Waals surface area contributed by atoms with E-state index in [0.29, 0.717) is 39.3 Å². The predicted molar refractivity (Wildman–Crippen MR) is 263 cm³/mol. The maximum Gasteiger partial charge on any atom is 0.410 e. The summed E-state index contributed by atoms with van der Waals surface area (Å²) >= 11 is 0. The molecule has 0 spiro atoms. The van der Waals surface area contributed by atoms with Gasteiger partial charge in [0.2, 0.25) is 23.3 Å². The molecule has 0 aromatic carbocycles. The zero-order valence-corrected chi connectivity index (χ0v) is 43.2. The molecule has 1 unspecified atom stereocenters. The van der Waals surface area contributed by atoms with Gasteiger partial charge in [0.1, 0.15) is 24.9 Å². The number of carboxylic acid groups (broad SMARTS) is 2. The van der Waals surface area contributed by atoms with Crippen LogP contribution < -0.4 is 16.4 Å². The molecule has 0 aliphatic carbocycles. The Morgan fingerprint density at radius 2 is 1.25 bits per heavy atom. The molecule has 76 heavy (non-hydrogen) atoms. The van der Waals surface area contributed by atoms with E-state index >= 15 is 0 Å². The van der Waals surface area contributed by atoms with Crippen LogP contribution in [-0.4, -0.2) is 269 Å². The lowest BCUT2D eigenvalue weighted by Crippen LogP contribution is -2.57. The summed E-state index contributed by atoms with van der Waals surface area (Å²) in [4.78, 5) is 78.8. The van der Waals surface area contributed by atoms with E-state index in [9.17, 15) is 59.4 Å². The van der Waals surface area contributed by atoms with Crippen LogP contribution in [0.2, 0.25) is 0 Å². The summed E-state index contributed by atoms with van der Waals surface area (Å²) in [5, 5.41) is 72.2. The second-order valence-electron chi connectivity index (χ2n) is 17.1. The van der Waals surface area contributed by atoms with Crippen molar-refractivity contribution in [2.24, 2.45) is 5.73 Å². The number of unbranched alkanes of at least 4 members (excludes halogenated alkanes) is 1. The van der Waals surface area contributed by atoms with E-state index in [0.717, 1.165) is 4.90 Å².